The average Bonchev–Trinajstić information content (AvgIpc) is 2.13. The third-order valence-corrected chi connectivity index (χ3v) is 1.19. The van der Waals surface area contributed by atoms with Crippen LogP contribution in [0.15, 0.2) is 18.8 Å². The molecule has 0 atom stereocenters. The van der Waals surface area contributed by atoms with E-state index in [9.17, 15) is 0 Å². The van der Waals surface area contributed by atoms with Gasteiger partial charge in [0.05, 0.1) is 0 Å². The second-order valence-electron chi connectivity index (χ2n) is 2.12. The van der Waals surface area contributed by atoms with Crippen LogP contribution in [0.5, 0.6) is 0 Å². The van der Waals surface area contributed by atoms with Crippen LogP contribution in [0.1, 0.15) is 12.6 Å². The lowest BCUT2D eigenvalue weighted by Crippen LogP contribution is -1.95. The van der Waals surface area contributed by atoms with E-state index in [1.54, 1.807) is 10.9 Å². The molecule has 0 unspecified atom stereocenters. The van der Waals surface area contributed by atoms with Crippen molar-refractivity contribution in [1.82, 2.24) is 9.78 Å². The van der Waals surface area contributed by atoms with E-state index in [2.05, 4.69) is 11.7 Å². The zero-order valence-corrected chi connectivity index (χ0v) is 5.76. The van der Waals surface area contributed by atoms with Gasteiger partial charge in [-0.1, -0.05) is 6.58 Å². The molecule has 0 amide bonds. The lowest BCUT2D eigenvalue weighted by molar-refractivity contribution is 0.864. The van der Waals surface area contributed by atoms with Crippen molar-refractivity contribution >= 4 is 5.70 Å². The van der Waals surface area contributed by atoms with Crippen LogP contribution in [-0.4, -0.2) is 9.78 Å². The fourth-order valence-electron chi connectivity index (χ4n) is 0.769. The van der Waals surface area contributed by atoms with E-state index in [0.29, 0.717) is 0 Å². The van der Waals surface area contributed by atoms with Gasteiger partial charge in [0.1, 0.15) is 0 Å². The molecule has 0 N–H and O–H groups in total. The zero-order chi connectivity index (χ0) is 6.85. The van der Waals surface area contributed by atoms with Crippen molar-refractivity contribution in [3.8, 4) is 0 Å². The van der Waals surface area contributed by atoms with Crippen LogP contribution in [0.25, 0.3) is 5.70 Å². The van der Waals surface area contributed by atoms with Crippen molar-refractivity contribution in [3.05, 3.63) is 24.5 Å². The Kier molecular flexibility index (Phi) is 1.39. The van der Waals surface area contributed by atoms with Crippen LogP contribution in [-0.2, 0) is 0 Å². The standard InChI is InChI=1S/C7H10N2/c1-6(2)9-7(3)4-5-8-9/h4-5H,1H2,2-3H3. The monoisotopic (exact) mass is 122 g/mol. The molecule has 2 heteroatoms. The van der Waals surface area contributed by atoms with Crippen LogP contribution < -0.4 is 0 Å². The second kappa shape index (κ2) is 2.05. The summed E-state index contributed by atoms with van der Waals surface area (Å²) in [7, 11) is 0. The molecule has 0 bridgehead atoms. The maximum atomic E-state index is 4.03. The maximum absolute atomic E-state index is 4.03. The van der Waals surface area contributed by atoms with Gasteiger partial charge in [-0.05, 0) is 19.9 Å². The van der Waals surface area contributed by atoms with Crippen LogP contribution in [0, 0.1) is 6.92 Å². The normalized spacial score (nSPS) is 9.56. The molecule has 0 aliphatic carbocycles. The molecule has 0 aliphatic heterocycles. The SMILES string of the molecule is C=C(C)n1nccc1C. The van der Waals surface area contributed by atoms with Gasteiger partial charge in [0.25, 0.3) is 0 Å². The number of rotatable bonds is 1. The molecule has 0 aromatic carbocycles. The molecule has 1 aromatic rings. The predicted octanol–water partition coefficient (Wildman–Crippen LogP) is 1.68. The van der Waals surface area contributed by atoms with E-state index in [-0.39, 0.29) is 0 Å². The lowest BCUT2D eigenvalue weighted by atomic mass is 10.4. The van der Waals surface area contributed by atoms with Crippen LogP contribution in [0.2, 0.25) is 0 Å². The molecule has 0 saturated heterocycles. The molecule has 0 spiro atoms. The first-order valence-corrected chi connectivity index (χ1v) is 2.88. The van der Waals surface area contributed by atoms with Gasteiger partial charge in [-0.25, -0.2) is 4.68 Å². The summed E-state index contributed by atoms with van der Waals surface area (Å²) in [6.45, 7) is 7.69. The molecule has 48 valence electrons. The maximum Gasteiger partial charge on any atom is 0.0496 e. The Morgan fingerprint density at radius 1 is 1.78 bits per heavy atom. The van der Waals surface area contributed by atoms with Crippen molar-refractivity contribution in [1.29, 1.82) is 0 Å². The topological polar surface area (TPSA) is 17.8 Å². The summed E-state index contributed by atoms with van der Waals surface area (Å²) in [5, 5.41) is 4.03. The second-order valence-corrected chi connectivity index (χ2v) is 2.12. The molecule has 1 aromatic heterocycles. The van der Waals surface area contributed by atoms with Gasteiger partial charge >= 0.3 is 0 Å². The third kappa shape index (κ3) is 1.02. The average molecular weight is 122 g/mol. The van der Waals surface area contributed by atoms with E-state index < -0.39 is 0 Å². The summed E-state index contributed by atoms with van der Waals surface area (Å²) >= 11 is 0. The number of hydrogen-bond donors (Lipinski definition) is 0. The number of allylic oxidation sites excluding steroid dienone is 1. The van der Waals surface area contributed by atoms with Crippen molar-refractivity contribution in [2.24, 2.45) is 0 Å². The molecule has 1 rings (SSSR count). The molecule has 0 fully saturated rings. The van der Waals surface area contributed by atoms with Gasteiger partial charge in [-0.15, -0.1) is 0 Å². The largest absolute Gasteiger partial charge is 0.243 e. The van der Waals surface area contributed by atoms with Crippen LogP contribution in [0.4, 0.5) is 0 Å². The quantitative estimate of drug-likeness (QED) is 0.554. The van der Waals surface area contributed by atoms with Gasteiger partial charge in [0, 0.05) is 17.6 Å². The Morgan fingerprint density at radius 2 is 2.44 bits per heavy atom. The number of aryl methyl sites for hydroxylation is 1. The summed E-state index contributed by atoms with van der Waals surface area (Å²) in [6.07, 6.45) is 1.77. The Labute approximate surface area is 54.8 Å². The summed E-state index contributed by atoms with van der Waals surface area (Å²) in [5.41, 5.74) is 2.08. The van der Waals surface area contributed by atoms with E-state index >= 15 is 0 Å². The highest BCUT2D eigenvalue weighted by Gasteiger charge is 1.93. The van der Waals surface area contributed by atoms with E-state index in [4.69, 9.17) is 0 Å². The minimum absolute atomic E-state index is 0.956. The first-order chi connectivity index (χ1) is 4.22. The highest BCUT2D eigenvalue weighted by Crippen LogP contribution is 2.01. The predicted molar refractivity (Wildman–Crippen MR) is 38.0 cm³/mol. The van der Waals surface area contributed by atoms with Gasteiger partial charge in [0.15, 0.2) is 0 Å². The first-order valence-electron chi connectivity index (χ1n) is 2.88. The minimum atomic E-state index is 0.956. The van der Waals surface area contributed by atoms with E-state index in [1.165, 1.54) is 0 Å². The van der Waals surface area contributed by atoms with E-state index in [0.717, 1.165) is 11.4 Å². The Hall–Kier alpha value is -1.05. The van der Waals surface area contributed by atoms with Crippen molar-refractivity contribution in [2.45, 2.75) is 13.8 Å². The Bertz CT molecular complexity index is 223. The van der Waals surface area contributed by atoms with Crippen molar-refractivity contribution < 1.29 is 0 Å². The summed E-state index contributed by atoms with van der Waals surface area (Å²) < 4.78 is 1.81. The molecule has 1 heterocycles. The van der Waals surface area contributed by atoms with Gasteiger partial charge in [0.2, 0.25) is 0 Å². The fourth-order valence-corrected chi connectivity index (χ4v) is 0.769. The minimum Gasteiger partial charge on any atom is -0.243 e. The molecule has 0 radical (unpaired) electrons. The summed E-state index contributed by atoms with van der Waals surface area (Å²) in [4.78, 5) is 0. The van der Waals surface area contributed by atoms with Crippen LogP contribution >= 0.6 is 0 Å². The smallest absolute Gasteiger partial charge is 0.0496 e. The lowest BCUT2D eigenvalue weighted by Gasteiger charge is -1.99. The number of hydrogen-bond acceptors (Lipinski definition) is 1. The van der Waals surface area contributed by atoms with Crippen LogP contribution in [0.3, 0.4) is 0 Å². The molecular formula is C7H10N2. The summed E-state index contributed by atoms with van der Waals surface area (Å²) in [6, 6.07) is 1.95. The van der Waals surface area contributed by atoms with Crippen molar-refractivity contribution in [3.63, 3.8) is 0 Å². The molecule has 2 nitrogen and oxygen atoms in total. The zero-order valence-electron chi connectivity index (χ0n) is 5.76. The molecule has 0 aliphatic rings. The highest BCUT2D eigenvalue weighted by atomic mass is 15.3. The number of aromatic nitrogens is 2. The molecular weight excluding hydrogens is 112 g/mol. The molecule has 0 saturated carbocycles. The van der Waals surface area contributed by atoms with Crippen molar-refractivity contribution in [2.75, 3.05) is 0 Å². The highest BCUT2D eigenvalue weighted by molar-refractivity contribution is 5.37. The third-order valence-electron chi connectivity index (χ3n) is 1.19. The van der Waals surface area contributed by atoms with Gasteiger partial charge in [-0.2, -0.15) is 5.10 Å². The number of nitrogens with zero attached hydrogens (tertiary/aromatic N) is 2. The Morgan fingerprint density at radius 3 is 2.67 bits per heavy atom. The van der Waals surface area contributed by atoms with Gasteiger partial charge < -0.3 is 0 Å². The fraction of sp³-hybridized carbons (Fsp3) is 0.286. The first kappa shape index (κ1) is 6.08. The Balaban J connectivity index is 3.08. The van der Waals surface area contributed by atoms with E-state index in [1.807, 2.05) is 19.9 Å². The molecule has 9 heavy (non-hydrogen) atoms. The van der Waals surface area contributed by atoms with Gasteiger partial charge in [-0.3, -0.25) is 0 Å². The summed E-state index contributed by atoms with van der Waals surface area (Å²) in [5.74, 6) is 0.